The van der Waals surface area contributed by atoms with Gasteiger partial charge >= 0.3 is 5.97 Å². The third-order valence-electron chi connectivity index (χ3n) is 3.08. The number of carbonyl (C=O) groups is 2. The fraction of sp³-hybridized carbons (Fsp3) is 0.467. The zero-order chi connectivity index (χ0) is 16.0. The number of carboxylic acid groups (broad SMARTS) is 1. The van der Waals surface area contributed by atoms with E-state index < -0.39 is 5.97 Å². The summed E-state index contributed by atoms with van der Waals surface area (Å²) in [6, 6.07) is 5.05. The number of carboxylic acids is 1. The Morgan fingerprint density at radius 3 is 2.57 bits per heavy atom. The first-order valence-electron chi connectivity index (χ1n) is 6.84. The molecule has 1 atom stereocenters. The Morgan fingerprint density at radius 2 is 2.05 bits per heavy atom. The molecule has 1 amide bonds. The van der Waals surface area contributed by atoms with Gasteiger partial charge in [-0.2, -0.15) is 0 Å². The zero-order valence-electron chi connectivity index (χ0n) is 12.2. The summed E-state index contributed by atoms with van der Waals surface area (Å²) in [7, 11) is 0. The quantitative estimate of drug-likeness (QED) is 0.654. The molecule has 0 spiro atoms. The summed E-state index contributed by atoms with van der Waals surface area (Å²) in [6.45, 7) is 4.39. The van der Waals surface area contributed by atoms with E-state index in [0.29, 0.717) is 23.7 Å². The van der Waals surface area contributed by atoms with Gasteiger partial charge in [-0.05, 0) is 36.5 Å². The second-order valence-electron chi connectivity index (χ2n) is 5.54. The minimum Gasteiger partial charge on any atom is -0.481 e. The van der Waals surface area contributed by atoms with E-state index in [4.69, 9.17) is 10.8 Å². The highest BCUT2D eigenvalue weighted by molar-refractivity contribution is 9.10. The van der Waals surface area contributed by atoms with Crippen LogP contribution in [-0.4, -0.2) is 23.5 Å². The lowest BCUT2D eigenvalue weighted by molar-refractivity contribution is -0.138. The van der Waals surface area contributed by atoms with E-state index in [2.05, 4.69) is 21.2 Å². The van der Waals surface area contributed by atoms with Crippen LogP contribution in [0.4, 0.5) is 5.69 Å². The Labute approximate surface area is 133 Å². The molecule has 4 N–H and O–H groups in total. The lowest BCUT2D eigenvalue weighted by Crippen LogP contribution is -2.31. The third kappa shape index (κ3) is 6.16. The topological polar surface area (TPSA) is 92.4 Å². The van der Waals surface area contributed by atoms with Gasteiger partial charge in [0.1, 0.15) is 0 Å². The molecule has 0 saturated heterocycles. The van der Waals surface area contributed by atoms with Crippen LogP contribution >= 0.6 is 15.9 Å². The Balaban J connectivity index is 2.65. The number of nitrogens with two attached hydrogens (primary N) is 1. The normalized spacial score (nSPS) is 12.2. The maximum Gasteiger partial charge on any atom is 0.303 e. The summed E-state index contributed by atoms with van der Waals surface area (Å²) in [6.07, 6.45) is 0.802. The standard InChI is InChI=1S/C15H21BrN2O3/c1-9(2)5-10(6-14(19)20)8-18-15(21)12-4-3-11(16)7-13(12)17/h3-4,7,9-10H,5-6,8,17H2,1-2H3,(H,18,21)(H,19,20)/t10-/m0/s1. The minimum absolute atomic E-state index is 0.0499. The second-order valence-corrected chi connectivity index (χ2v) is 6.45. The molecular weight excluding hydrogens is 336 g/mol. The molecule has 0 fully saturated rings. The number of benzene rings is 1. The average Bonchev–Trinajstić information content (AvgIpc) is 2.34. The number of anilines is 1. The number of hydrogen-bond donors (Lipinski definition) is 3. The molecule has 0 aliphatic carbocycles. The van der Waals surface area contributed by atoms with Gasteiger partial charge in [-0.1, -0.05) is 29.8 Å². The molecule has 1 rings (SSSR count). The molecule has 6 heteroatoms. The Morgan fingerprint density at radius 1 is 1.38 bits per heavy atom. The van der Waals surface area contributed by atoms with Gasteiger partial charge in [0.2, 0.25) is 0 Å². The molecule has 0 bridgehead atoms. The van der Waals surface area contributed by atoms with Crippen LogP contribution in [0.5, 0.6) is 0 Å². The Kier molecular flexibility index (Phi) is 6.68. The lowest BCUT2D eigenvalue weighted by Gasteiger charge is -2.18. The van der Waals surface area contributed by atoms with Gasteiger partial charge in [0.15, 0.2) is 0 Å². The maximum absolute atomic E-state index is 12.1. The molecule has 0 aliphatic rings. The van der Waals surface area contributed by atoms with Crippen molar-refractivity contribution in [3.63, 3.8) is 0 Å². The number of aliphatic carboxylic acids is 1. The van der Waals surface area contributed by atoms with Crippen molar-refractivity contribution in [2.45, 2.75) is 26.7 Å². The van der Waals surface area contributed by atoms with Crippen LogP contribution in [0.25, 0.3) is 0 Å². The van der Waals surface area contributed by atoms with E-state index in [0.717, 1.165) is 10.9 Å². The molecule has 0 aromatic heterocycles. The number of rotatable bonds is 7. The van der Waals surface area contributed by atoms with Crippen LogP contribution in [0.3, 0.4) is 0 Å². The van der Waals surface area contributed by atoms with E-state index in [9.17, 15) is 9.59 Å². The number of hydrogen-bond acceptors (Lipinski definition) is 3. The molecular formula is C15H21BrN2O3. The summed E-state index contributed by atoms with van der Waals surface area (Å²) < 4.78 is 0.806. The molecule has 0 heterocycles. The Hall–Kier alpha value is -1.56. The molecule has 1 aromatic rings. The van der Waals surface area contributed by atoms with Crippen LogP contribution in [-0.2, 0) is 4.79 Å². The van der Waals surface area contributed by atoms with Crippen molar-refractivity contribution in [2.24, 2.45) is 11.8 Å². The number of amides is 1. The second kappa shape index (κ2) is 8.02. The van der Waals surface area contributed by atoms with Gasteiger partial charge < -0.3 is 16.2 Å². The maximum atomic E-state index is 12.1. The van der Waals surface area contributed by atoms with E-state index in [1.165, 1.54) is 0 Å². The fourth-order valence-corrected chi connectivity index (χ4v) is 2.60. The third-order valence-corrected chi connectivity index (χ3v) is 3.57. The number of halogens is 1. The van der Waals surface area contributed by atoms with Gasteiger partial charge in [-0.15, -0.1) is 0 Å². The first-order chi connectivity index (χ1) is 9.79. The lowest BCUT2D eigenvalue weighted by atomic mass is 9.94. The average molecular weight is 357 g/mol. The van der Waals surface area contributed by atoms with E-state index >= 15 is 0 Å². The minimum atomic E-state index is -0.849. The molecule has 0 aliphatic heterocycles. The first kappa shape index (κ1) is 17.5. The van der Waals surface area contributed by atoms with Crippen LogP contribution in [0.2, 0.25) is 0 Å². The predicted octanol–water partition coefficient (Wildman–Crippen LogP) is 2.90. The summed E-state index contributed by atoms with van der Waals surface area (Å²) in [5.41, 5.74) is 6.59. The summed E-state index contributed by atoms with van der Waals surface area (Å²) in [5, 5.41) is 11.7. The number of nitrogens with one attached hydrogen (secondary N) is 1. The highest BCUT2D eigenvalue weighted by Crippen LogP contribution is 2.19. The first-order valence-corrected chi connectivity index (χ1v) is 7.64. The highest BCUT2D eigenvalue weighted by atomic mass is 79.9. The number of carbonyl (C=O) groups excluding carboxylic acids is 1. The van der Waals surface area contributed by atoms with Gasteiger partial charge in [-0.3, -0.25) is 9.59 Å². The monoisotopic (exact) mass is 356 g/mol. The van der Waals surface area contributed by atoms with E-state index in [1.54, 1.807) is 18.2 Å². The van der Waals surface area contributed by atoms with E-state index in [-0.39, 0.29) is 18.2 Å². The van der Waals surface area contributed by atoms with E-state index in [1.807, 2.05) is 13.8 Å². The van der Waals surface area contributed by atoms with Crippen molar-refractivity contribution in [3.8, 4) is 0 Å². The van der Waals surface area contributed by atoms with Crippen molar-refractivity contribution < 1.29 is 14.7 Å². The van der Waals surface area contributed by atoms with Crippen LogP contribution < -0.4 is 11.1 Å². The molecule has 1 aromatic carbocycles. The number of nitrogen functional groups attached to an aromatic ring is 1. The summed E-state index contributed by atoms with van der Waals surface area (Å²) in [5.74, 6) is -0.829. The Bertz CT molecular complexity index is 518. The highest BCUT2D eigenvalue weighted by Gasteiger charge is 2.17. The molecule has 116 valence electrons. The van der Waals surface area contributed by atoms with Crippen molar-refractivity contribution >= 4 is 33.5 Å². The smallest absolute Gasteiger partial charge is 0.303 e. The van der Waals surface area contributed by atoms with Crippen molar-refractivity contribution in [2.75, 3.05) is 12.3 Å². The fourth-order valence-electron chi connectivity index (χ4n) is 2.23. The van der Waals surface area contributed by atoms with Gasteiger partial charge in [0.05, 0.1) is 5.56 Å². The molecule has 21 heavy (non-hydrogen) atoms. The van der Waals surface area contributed by atoms with Gasteiger partial charge in [0, 0.05) is 23.1 Å². The zero-order valence-corrected chi connectivity index (χ0v) is 13.8. The van der Waals surface area contributed by atoms with Crippen LogP contribution in [0.15, 0.2) is 22.7 Å². The summed E-state index contributed by atoms with van der Waals surface area (Å²) in [4.78, 5) is 23.0. The molecule has 0 unspecified atom stereocenters. The van der Waals surface area contributed by atoms with Gasteiger partial charge in [-0.25, -0.2) is 0 Å². The van der Waals surface area contributed by atoms with Crippen molar-refractivity contribution in [1.82, 2.24) is 5.32 Å². The molecule has 0 radical (unpaired) electrons. The van der Waals surface area contributed by atoms with Crippen molar-refractivity contribution in [3.05, 3.63) is 28.2 Å². The van der Waals surface area contributed by atoms with Crippen LogP contribution in [0, 0.1) is 11.8 Å². The largest absolute Gasteiger partial charge is 0.481 e. The summed E-state index contributed by atoms with van der Waals surface area (Å²) >= 11 is 3.28. The van der Waals surface area contributed by atoms with Gasteiger partial charge in [0.25, 0.3) is 5.91 Å². The SMILES string of the molecule is CC(C)C[C@H](CNC(=O)c1ccc(Br)cc1N)CC(=O)O. The van der Waals surface area contributed by atoms with Crippen molar-refractivity contribution in [1.29, 1.82) is 0 Å². The predicted molar refractivity (Wildman–Crippen MR) is 86.1 cm³/mol. The molecule has 0 saturated carbocycles. The molecule has 5 nitrogen and oxygen atoms in total. The van der Waals surface area contributed by atoms with Crippen LogP contribution in [0.1, 0.15) is 37.0 Å².